The second-order valence-electron chi connectivity index (χ2n) is 4.71. The van der Waals surface area contributed by atoms with Gasteiger partial charge in [0.15, 0.2) is 5.11 Å². The smallest absolute Gasteiger partial charge is 0.274 e. The summed E-state index contributed by atoms with van der Waals surface area (Å²) in [5.41, 5.74) is 0.760. The van der Waals surface area contributed by atoms with E-state index in [9.17, 15) is 9.59 Å². The first kappa shape index (κ1) is 12.0. The van der Waals surface area contributed by atoms with E-state index in [-0.39, 0.29) is 22.3 Å². The average molecular weight is 296 g/mol. The lowest BCUT2D eigenvalue weighted by Gasteiger charge is -2.05. The molecule has 1 amide bonds. The number of rotatable bonds is 1. The van der Waals surface area contributed by atoms with Crippen molar-refractivity contribution in [1.82, 2.24) is 9.88 Å². The number of furan rings is 1. The highest BCUT2D eigenvalue weighted by Crippen LogP contribution is 2.24. The molecule has 1 aliphatic heterocycles. The number of benzene rings is 1. The Kier molecular flexibility index (Phi) is 2.37. The fourth-order valence-corrected chi connectivity index (χ4v) is 2.76. The Morgan fingerprint density at radius 2 is 2.00 bits per heavy atom. The SMILES string of the molecule is O=C1NC(=S)n2c1cc1ccc(-c3ccco3)cc1c2=O. The second-order valence-corrected chi connectivity index (χ2v) is 5.10. The molecule has 6 heteroatoms. The summed E-state index contributed by atoms with van der Waals surface area (Å²) >= 11 is 5.03. The van der Waals surface area contributed by atoms with E-state index >= 15 is 0 Å². The number of thiocarbonyl (C=S) groups is 1. The van der Waals surface area contributed by atoms with Gasteiger partial charge in [0.2, 0.25) is 0 Å². The monoisotopic (exact) mass is 296 g/mol. The molecule has 3 heterocycles. The number of aromatic nitrogens is 1. The van der Waals surface area contributed by atoms with E-state index in [2.05, 4.69) is 5.32 Å². The maximum atomic E-state index is 12.6. The quantitative estimate of drug-likeness (QED) is 0.699. The topological polar surface area (TPSA) is 64.2 Å². The molecule has 0 saturated carbocycles. The van der Waals surface area contributed by atoms with E-state index in [4.69, 9.17) is 16.6 Å². The third-order valence-corrected chi connectivity index (χ3v) is 3.77. The molecule has 5 nitrogen and oxygen atoms in total. The maximum absolute atomic E-state index is 12.6. The number of carbonyl (C=O) groups is 1. The third-order valence-electron chi connectivity index (χ3n) is 3.48. The lowest BCUT2D eigenvalue weighted by Crippen LogP contribution is -2.28. The number of carbonyl (C=O) groups excluding carboxylic acids is 1. The minimum atomic E-state index is -0.353. The van der Waals surface area contributed by atoms with Crippen molar-refractivity contribution in [3.63, 3.8) is 0 Å². The number of pyridine rings is 1. The molecular weight excluding hydrogens is 288 g/mol. The average Bonchev–Trinajstić information content (AvgIpc) is 3.08. The van der Waals surface area contributed by atoms with Crippen molar-refractivity contribution in [2.75, 3.05) is 0 Å². The van der Waals surface area contributed by atoms with E-state index in [0.29, 0.717) is 16.5 Å². The Balaban J connectivity index is 2.06. The Bertz CT molecular complexity index is 970. The van der Waals surface area contributed by atoms with E-state index in [1.165, 1.54) is 4.57 Å². The lowest BCUT2D eigenvalue weighted by molar-refractivity contribution is 0.0981. The van der Waals surface area contributed by atoms with Crippen LogP contribution < -0.4 is 10.9 Å². The van der Waals surface area contributed by atoms with Gasteiger partial charge in [-0.2, -0.15) is 0 Å². The fourth-order valence-electron chi connectivity index (χ4n) is 2.49. The number of nitrogens with one attached hydrogen (secondary N) is 1. The predicted octanol–water partition coefficient (Wildman–Crippen LogP) is 2.14. The molecule has 102 valence electrons. The molecule has 0 radical (unpaired) electrons. The summed E-state index contributed by atoms with van der Waals surface area (Å²) in [5, 5.41) is 3.78. The zero-order valence-electron chi connectivity index (χ0n) is 10.6. The summed E-state index contributed by atoms with van der Waals surface area (Å²) in [5.74, 6) is 0.327. The number of nitrogens with zero attached hydrogens (tertiary/aromatic N) is 1. The van der Waals surface area contributed by atoms with Gasteiger partial charge in [0.1, 0.15) is 11.5 Å². The van der Waals surface area contributed by atoms with Crippen molar-refractivity contribution in [2.24, 2.45) is 0 Å². The van der Waals surface area contributed by atoms with Crippen LogP contribution in [0.25, 0.3) is 22.1 Å². The molecule has 3 aromatic rings. The Labute approximate surface area is 123 Å². The van der Waals surface area contributed by atoms with Gasteiger partial charge in [0.25, 0.3) is 11.5 Å². The molecule has 0 bridgehead atoms. The molecule has 1 N–H and O–H groups in total. The number of amides is 1. The van der Waals surface area contributed by atoms with Crippen molar-refractivity contribution in [1.29, 1.82) is 0 Å². The van der Waals surface area contributed by atoms with Crippen LogP contribution in [0.3, 0.4) is 0 Å². The van der Waals surface area contributed by atoms with Gasteiger partial charge in [0.05, 0.1) is 6.26 Å². The summed E-state index contributed by atoms with van der Waals surface area (Å²) in [6.45, 7) is 0. The second kappa shape index (κ2) is 4.13. The third kappa shape index (κ3) is 1.66. The minimum Gasteiger partial charge on any atom is -0.464 e. The van der Waals surface area contributed by atoms with Crippen LogP contribution in [0.2, 0.25) is 0 Å². The first-order valence-corrected chi connectivity index (χ1v) is 6.65. The van der Waals surface area contributed by atoms with Crippen LogP contribution in [0.5, 0.6) is 0 Å². The highest BCUT2D eigenvalue weighted by molar-refractivity contribution is 7.80. The van der Waals surface area contributed by atoms with E-state index in [1.54, 1.807) is 30.5 Å². The predicted molar refractivity (Wildman–Crippen MR) is 81.4 cm³/mol. The van der Waals surface area contributed by atoms with Crippen LogP contribution in [-0.2, 0) is 0 Å². The van der Waals surface area contributed by atoms with Crippen molar-refractivity contribution in [3.05, 3.63) is 58.7 Å². The van der Waals surface area contributed by atoms with Gasteiger partial charge in [0, 0.05) is 10.9 Å². The molecule has 0 unspecified atom stereocenters. The number of fused-ring (bicyclic) bond motifs is 2. The molecule has 0 aliphatic carbocycles. The number of hydrogen-bond acceptors (Lipinski definition) is 4. The van der Waals surface area contributed by atoms with E-state index < -0.39 is 0 Å². The highest BCUT2D eigenvalue weighted by Gasteiger charge is 2.25. The summed E-state index contributed by atoms with van der Waals surface area (Å²) < 4.78 is 6.57. The van der Waals surface area contributed by atoms with Crippen LogP contribution >= 0.6 is 12.2 Å². The van der Waals surface area contributed by atoms with Gasteiger partial charge in [-0.15, -0.1) is 0 Å². The lowest BCUT2D eigenvalue weighted by atomic mass is 10.1. The van der Waals surface area contributed by atoms with Crippen LogP contribution in [-0.4, -0.2) is 15.6 Å². The molecule has 0 fully saturated rings. The van der Waals surface area contributed by atoms with E-state index in [0.717, 1.165) is 5.56 Å². The number of hydrogen-bond donors (Lipinski definition) is 1. The molecule has 2 aromatic heterocycles. The Hall–Kier alpha value is -2.73. The van der Waals surface area contributed by atoms with Crippen molar-refractivity contribution < 1.29 is 9.21 Å². The van der Waals surface area contributed by atoms with Crippen LogP contribution in [0, 0.1) is 0 Å². The Morgan fingerprint density at radius 3 is 2.76 bits per heavy atom. The molecule has 0 spiro atoms. The van der Waals surface area contributed by atoms with Gasteiger partial charge >= 0.3 is 0 Å². The molecule has 0 atom stereocenters. The van der Waals surface area contributed by atoms with Gasteiger partial charge in [-0.1, -0.05) is 12.1 Å². The van der Waals surface area contributed by atoms with Gasteiger partial charge < -0.3 is 4.42 Å². The molecular formula is C15H8N2O3S. The summed E-state index contributed by atoms with van der Waals surface area (Å²) in [7, 11) is 0. The highest BCUT2D eigenvalue weighted by atomic mass is 32.1. The molecule has 4 rings (SSSR count). The van der Waals surface area contributed by atoms with Crippen molar-refractivity contribution in [3.8, 4) is 11.3 Å². The molecule has 1 aromatic carbocycles. The molecule has 1 aliphatic rings. The largest absolute Gasteiger partial charge is 0.464 e. The van der Waals surface area contributed by atoms with Crippen LogP contribution in [0.4, 0.5) is 0 Å². The zero-order chi connectivity index (χ0) is 14.6. The normalized spacial score (nSPS) is 13.5. The summed E-state index contributed by atoms with van der Waals surface area (Å²) in [6.07, 6.45) is 1.58. The van der Waals surface area contributed by atoms with Crippen LogP contribution in [0.15, 0.2) is 51.9 Å². The van der Waals surface area contributed by atoms with Gasteiger partial charge in [-0.05, 0) is 41.9 Å². The van der Waals surface area contributed by atoms with Crippen molar-refractivity contribution >= 4 is 34.0 Å². The van der Waals surface area contributed by atoms with Gasteiger partial charge in [-0.25, -0.2) is 4.57 Å². The van der Waals surface area contributed by atoms with Crippen molar-refractivity contribution in [2.45, 2.75) is 0 Å². The molecule has 21 heavy (non-hydrogen) atoms. The Morgan fingerprint density at radius 1 is 1.14 bits per heavy atom. The molecule has 0 saturated heterocycles. The summed E-state index contributed by atoms with van der Waals surface area (Å²) in [6, 6.07) is 10.7. The minimum absolute atomic E-state index is 0.116. The summed E-state index contributed by atoms with van der Waals surface area (Å²) in [4.78, 5) is 24.3. The van der Waals surface area contributed by atoms with Gasteiger partial charge in [-0.3, -0.25) is 14.9 Å². The first-order chi connectivity index (χ1) is 10.1. The fraction of sp³-hybridized carbons (Fsp3) is 0. The van der Waals surface area contributed by atoms with Crippen LogP contribution in [0.1, 0.15) is 10.5 Å². The zero-order valence-corrected chi connectivity index (χ0v) is 11.4. The van der Waals surface area contributed by atoms with E-state index in [1.807, 2.05) is 12.1 Å². The first-order valence-electron chi connectivity index (χ1n) is 6.24. The maximum Gasteiger partial charge on any atom is 0.274 e. The standard InChI is InChI=1S/C15H8N2O3S/c18-13-11-7-8-3-4-9(12-2-1-5-20-12)6-10(8)14(19)17(11)15(21)16-13/h1-7H,(H,16,18,21).